The minimum atomic E-state index is -2.31. The molecule has 2 unspecified atom stereocenters. The van der Waals surface area contributed by atoms with Crippen LogP contribution in [0.1, 0.15) is 53.2 Å². The minimum Gasteiger partial charge on any atom is -0.388 e. The van der Waals surface area contributed by atoms with Crippen LogP contribution in [0, 0.1) is 0 Å². The number of hydrogen-bond acceptors (Lipinski definition) is 10. The molecule has 3 heterocycles. The average Bonchev–Trinajstić information content (AvgIpc) is 3.21. The van der Waals surface area contributed by atoms with E-state index in [0.29, 0.717) is 0 Å². The van der Waals surface area contributed by atoms with Crippen molar-refractivity contribution in [2.75, 3.05) is 5.73 Å². The molecule has 0 spiro atoms. The predicted octanol–water partition coefficient (Wildman–Crippen LogP) is 2.82. The number of nitrogen functional groups attached to an aromatic ring is 1. The number of hydrogen-bond donors (Lipinski definition) is 3. The third-order valence-electron chi connectivity index (χ3n) is 5.60. The average molecular weight is 468 g/mol. The van der Waals surface area contributed by atoms with E-state index < -0.39 is 38.2 Å². The number of rotatable bonds is 9. The van der Waals surface area contributed by atoms with Crippen molar-refractivity contribution in [2.24, 2.45) is 5.11 Å². The molecule has 3 rings (SSSR count). The lowest BCUT2D eigenvalue weighted by atomic mass is 9.97. The van der Waals surface area contributed by atoms with Gasteiger partial charge in [-0.1, -0.05) is 13.8 Å². The first kappa shape index (κ1) is 24.4. The molecular weight excluding hydrogens is 439 g/mol. The van der Waals surface area contributed by atoms with Gasteiger partial charge < -0.3 is 25.2 Å². The second-order valence-electron chi connectivity index (χ2n) is 8.35. The lowest BCUT2D eigenvalue weighted by Crippen LogP contribution is -2.37. The SMILES string of the molecule is CCC(CC)[PH](=O)OC(C)(C)C[C@H]1OC(n2c(N=[N+]=[N-])nc3c(N)ncnc32)[C@H](O)[C@@H]1O. The van der Waals surface area contributed by atoms with Crippen LogP contribution in [-0.2, 0) is 13.8 Å². The van der Waals surface area contributed by atoms with Crippen LogP contribution in [-0.4, -0.2) is 59.3 Å². The highest BCUT2D eigenvalue weighted by atomic mass is 31.1. The van der Waals surface area contributed by atoms with Gasteiger partial charge in [-0.15, -0.1) is 0 Å². The van der Waals surface area contributed by atoms with Crippen molar-refractivity contribution in [1.82, 2.24) is 19.5 Å². The molecule has 13 nitrogen and oxygen atoms in total. The molecule has 4 N–H and O–H groups in total. The number of aliphatic hydroxyl groups excluding tert-OH is 2. The smallest absolute Gasteiger partial charge is 0.201 e. The van der Waals surface area contributed by atoms with Crippen molar-refractivity contribution in [2.45, 2.75) is 82.8 Å². The second kappa shape index (κ2) is 9.70. The van der Waals surface area contributed by atoms with E-state index in [-0.39, 0.29) is 35.0 Å². The molecule has 2 aromatic rings. The van der Waals surface area contributed by atoms with Gasteiger partial charge in [0.25, 0.3) is 0 Å². The highest BCUT2D eigenvalue weighted by Gasteiger charge is 2.47. The molecule has 14 heteroatoms. The number of nitrogens with zero attached hydrogens (tertiary/aromatic N) is 7. The van der Waals surface area contributed by atoms with E-state index >= 15 is 0 Å². The van der Waals surface area contributed by atoms with Crippen molar-refractivity contribution in [3.05, 3.63) is 16.8 Å². The fourth-order valence-corrected chi connectivity index (χ4v) is 5.34. The van der Waals surface area contributed by atoms with Crippen molar-refractivity contribution in [3.8, 4) is 0 Å². The summed E-state index contributed by atoms with van der Waals surface area (Å²) < 4.78 is 25.7. The molecule has 0 saturated carbocycles. The van der Waals surface area contributed by atoms with Gasteiger partial charge >= 0.3 is 0 Å². The highest BCUT2D eigenvalue weighted by Crippen LogP contribution is 2.43. The molecule has 2 aromatic heterocycles. The largest absolute Gasteiger partial charge is 0.388 e. The molecule has 1 saturated heterocycles. The minimum absolute atomic E-state index is 0.0270. The quantitative estimate of drug-likeness (QED) is 0.214. The first-order chi connectivity index (χ1) is 15.1. The van der Waals surface area contributed by atoms with Gasteiger partial charge in [0.1, 0.15) is 18.5 Å². The summed E-state index contributed by atoms with van der Waals surface area (Å²) in [6.45, 7) is 7.45. The summed E-state index contributed by atoms with van der Waals surface area (Å²) in [6, 6.07) is 0. The summed E-state index contributed by atoms with van der Waals surface area (Å²) in [5.74, 6) is -0.0744. The van der Waals surface area contributed by atoms with Crippen molar-refractivity contribution >= 4 is 31.0 Å². The summed E-state index contributed by atoms with van der Waals surface area (Å²) in [5.41, 5.74) is 14.2. The van der Waals surface area contributed by atoms with E-state index in [9.17, 15) is 14.8 Å². The molecule has 0 aromatic carbocycles. The van der Waals surface area contributed by atoms with Crippen LogP contribution in [0.15, 0.2) is 11.4 Å². The summed E-state index contributed by atoms with van der Waals surface area (Å²) in [5, 5.41) is 25.0. The Hall–Kier alpha value is -2.27. The Labute approximate surface area is 185 Å². The van der Waals surface area contributed by atoms with Crippen molar-refractivity contribution < 1.29 is 24.0 Å². The summed E-state index contributed by atoms with van der Waals surface area (Å²) in [6.07, 6.45) is -1.81. The Kier molecular flexibility index (Phi) is 7.39. The Balaban J connectivity index is 1.87. The Bertz CT molecular complexity index is 1040. The van der Waals surface area contributed by atoms with Crippen LogP contribution in [0.4, 0.5) is 11.8 Å². The molecule has 5 atom stereocenters. The molecule has 0 radical (unpaired) electrons. The number of fused-ring (bicyclic) bond motifs is 1. The molecule has 0 aliphatic carbocycles. The predicted molar refractivity (Wildman–Crippen MR) is 118 cm³/mol. The number of aromatic nitrogens is 4. The van der Waals surface area contributed by atoms with Crippen molar-refractivity contribution in [1.29, 1.82) is 0 Å². The van der Waals surface area contributed by atoms with Gasteiger partial charge in [0.2, 0.25) is 5.95 Å². The summed E-state index contributed by atoms with van der Waals surface area (Å²) >= 11 is 0. The Morgan fingerprint density at radius 1 is 1.38 bits per heavy atom. The number of anilines is 1. The summed E-state index contributed by atoms with van der Waals surface area (Å²) in [4.78, 5) is 14.9. The van der Waals surface area contributed by atoms with Gasteiger partial charge in [-0.05, 0) is 37.3 Å². The monoisotopic (exact) mass is 468 g/mol. The zero-order valence-corrected chi connectivity index (χ0v) is 19.4. The fraction of sp³-hybridized carbons (Fsp3) is 0.722. The van der Waals surface area contributed by atoms with Gasteiger partial charge in [0.05, 0.1) is 11.7 Å². The van der Waals surface area contributed by atoms with Gasteiger partial charge in [-0.25, -0.2) is 15.0 Å². The maximum Gasteiger partial charge on any atom is 0.201 e. The molecule has 1 fully saturated rings. The van der Waals surface area contributed by atoms with E-state index in [1.54, 1.807) is 13.8 Å². The van der Waals surface area contributed by atoms with Crippen LogP contribution < -0.4 is 5.73 Å². The van der Waals surface area contributed by atoms with Crippen LogP contribution in [0.2, 0.25) is 0 Å². The van der Waals surface area contributed by atoms with Crippen LogP contribution in [0.5, 0.6) is 0 Å². The van der Waals surface area contributed by atoms with E-state index in [1.807, 2.05) is 13.8 Å². The van der Waals surface area contributed by atoms with Crippen molar-refractivity contribution in [3.63, 3.8) is 0 Å². The normalized spacial score (nSPS) is 24.7. The molecule has 1 aliphatic heterocycles. The highest BCUT2D eigenvalue weighted by molar-refractivity contribution is 7.40. The lowest BCUT2D eigenvalue weighted by Gasteiger charge is -2.30. The number of ether oxygens (including phenoxy) is 1. The molecular formula is C18H29N8O5P. The molecule has 32 heavy (non-hydrogen) atoms. The third kappa shape index (κ3) is 4.73. The maximum atomic E-state index is 12.6. The van der Waals surface area contributed by atoms with Gasteiger partial charge in [0, 0.05) is 17.0 Å². The Morgan fingerprint density at radius 3 is 2.69 bits per heavy atom. The zero-order valence-electron chi connectivity index (χ0n) is 18.4. The van der Waals surface area contributed by atoms with Gasteiger partial charge in [-0.2, -0.15) is 0 Å². The topological polar surface area (TPSA) is 194 Å². The number of nitrogens with two attached hydrogens (primary N) is 1. The second-order valence-corrected chi connectivity index (χ2v) is 10.0. The standard InChI is InChI=1S/C18H29N8O5P/c1-5-9(6-2)32(29)31-18(3,4)7-10-12(27)13(28)16(30-10)26-15-11(14(19)21-8-22-15)23-17(26)24-25-20/h8-10,12-13,16,27-28,32H,5-7H2,1-4H3,(H2,19,21,22)/t10-,12-,13-,16?/m1/s1. The van der Waals surface area contributed by atoms with Crippen LogP contribution in [0.3, 0.4) is 0 Å². The number of aliphatic hydroxyl groups is 2. The maximum absolute atomic E-state index is 12.6. The Morgan fingerprint density at radius 2 is 2.06 bits per heavy atom. The van der Waals surface area contributed by atoms with E-state index in [2.05, 4.69) is 25.0 Å². The van der Waals surface area contributed by atoms with Gasteiger partial charge in [0.15, 0.2) is 31.2 Å². The number of imidazole rings is 1. The van der Waals surface area contributed by atoms with Gasteiger partial charge in [-0.3, -0.25) is 9.13 Å². The van der Waals surface area contributed by atoms with E-state index in [0.717, 1.165) is 12.8 Å². The zero-order chi connectivity index (χ0) is 23.6. The van der Waals surface area contributed by atoms with E-state index in [1.165, 1.54) is 10.9 Å². The first-order valence-electron chi connectivity index (χ1n) is 10.4. The summed E-state index contributed by atoms with van der Waals surface area (Å²) in [7, 11) is -2.31. The molecule has 1 aliphatic rings. The molecule has 0 amide bonds. The third-order valence-corrected chi connectivity index (χ3v) is 7.84. The van der Waals surface area contributed by atoms with Crippen LogP contribution in [0.25, 0.3) is 21.6 Å². The van der Waals surface area contributed by atoms with Crippen LogP contribution >= 0.6 is 8.03 Å². The molecule has 0 bridgehead atoms. The number of azide groups is 1. The molecule has 176 valence electrons. The first-order valence-corrected chi connectivity index (χ1v) is 11.8. The lowest BCUT2D eigenvalue weighted by molar-refractivity contribution is -0.0571. The fourth-order valence-electron chi connectivity index (χ4n) is 3.87. The van der Waals surface area contributed by atoms with E-state index in [4.69, 9.17) is 20.5 Å².